The quantitative estimate of drug-likeness (QED) is 0.282. The molecule has 0 spiro atoms. The van der Waals surface area contributed by atoms with Gasteiger partial charge in [-0.1, -0.05) is 5.11 Å². The van der Waals surface area contributed by atoms with Crippen molar-refractivity contribution in [2.45, 2.75) is 0 Å². The summed E-state index contributed by atoms with van der Waals surface area (Å²) in [6, 6.07) is 0. The maximum absolute atomic E-state index is 13.2. The number of carbonyl (C=O) groups excluding carboxylic acids is 1. The predicted octanol–water partition coefficient (Wildman–Crippen LogP) is 2.54. The van der Waals surface area contributed by atoms with E-state index in [-0.39, 0.29) is 0 Å². The van der Waals surface area contributed by atoms with E-state index in [1.807, 2.05) is 10.2 Å². The van der Waals surface area contributed by atoms with Crippen LogP contribution in [0.3, 0.4) is 0 Å². The highest BCUT2D eigenvalue weighted by molar-refractivity contribution is 5.95. The summed E-state index contributed by atoms with van der Waals surface area (Å²) in [5.74, 6) is -9.05. The summed E-state index contributed by atoms with van der Waals surface area (Å²) in [5.41, 5.74) is 5.10. The minimum absolute atomic E-state index is 1.03. The van der Waals surface area contributed by atoms with Crippen molar-refractivity contribution in [2.24, 2.45) is 5.11 Å². The molecule has 0 atom stereocenters. The fraction of sp³-hybridized carbons (Fsp3) is 0.125. The van der Waals surface area contributed by atoms with Gasteiger partial charge in [0.2, 0.25) is 0 Å². The van der Waals surface area contributed by atoms with Crippen molar-refractivity contribution in [3.8, 4) is 0 Å². The Hall–Kier alpha value is -2.28. The summed E-state index contributed by atoms with van der Waals surface area (Å²) in [7, 11) is 1.03. The van der Waals surface area contributed by atoms with E-state index in [2.05, 4.69) is 5.11 Å². The van der Waals surface area contributed by atoms with Crippen LogP contribution in [0.15, 0.2) is 5.11 Å². The molecule has 0 unspecified atom stereocenters. The van der Waals surface area contributed by atoms with Gasteiger partial charge in [-0.3, -0.25) is 4.79 Å². The number of rotatable bonds is 2. The molecule has 1 aromatic rings. The second kappa shape index (κ2) is 4.71. The average molecular weight is 248 g/mol. The topological polar surface area (TPSA) is 77.9 Å². The zero-order valence-electron chi connectivity index (χ0n) is 8.26. The minimum atomic E-state index is -1.93. The lowest BCUT2D eigenvalue weighted by molar-refractivity contribution is 0.0952. The van der Waals surface area contributed by atoms with E-state index in [1.165, 1.54) is 0 Å². The first-order chi connectivity index (χ1) is 7.95. The van der Waals surface area contributed by atoms with E-state index >= 15 is 0 Å². The molecule has 1 amide bonds. The molecular formula is C8H4F4N4O. The minimum Gasteiger partial charge on any atom is -0.355 e. The molecule has 0 bridgehead atoms. The number of azide groups is 1. The van der Waals surface area contributed by atoms with Crippen LogP contribution in [-0.2, 0) is 0 Å². The Morgan fingerprint density at radius 3 is 2.00 bits per heavy atom. The van der Waals surface area contributed by atoms with Crippen LogP contribution in [0, 0.1) is 23.3 Å². The van der Waals surface area contributed by atoms with Gasteiger partial charge in [-0.05, 0) is 5.53 Å². The van der Waals surface area contributed by atoms with Crippen molar-refractivity contribution in [1.82, 2.24) is 5.32 Å². The van der Waals surface area contributed by atoms with Crippen LogP contribution in [0.4, 0.5) is 23.2 Å². The first kappa shape index (κ1) is 12.8. The number of amides is 1. The van der Waals surface area contributed by atoms with E-state index in [4.69, 9.17) is 5.53 Å². The van der Waals surface area contributed by atoms with Gasteiger partial charge in [0.15, 0.2) is 23.3 Å². The summed E-state index contributed by atoms with van der Waals surface area (Å²) in [6.45, 7) is 0. The average Bonchev–Trinajstić information content (AvgIpc) is 2.32. The Morgan fingerprint density at radius 1 is 1.18 bits per heavy atom. The van der Waals surface area contributed by atoms with Crippen LogP contribution in [-0.4, -0.2) is 13.0 Å². The molecule has 1 rings (SSSR count). The smallest absolute Gasteiger partial charge is 0.257 e. The monoisotopic (exact) mass is 248 g/mol. The molecule has 0 aliphatic heterocycles. The fourth-order valence-corrected chi connectivity index (χ4v) is 1.08. The predicted molar refractivity (Wildman–Crippen MR) is 48.5 cm³/mol. The van der Waals surface area contributed by atoms with Crippen molar-refractivity contribution in [1.29, 1.82) is 0 Å². The Balaban J connectivity index is 3.69. The molecule has 0 heterocycles. The molecule has 90 valence electrons. The molecule has 9 heteroatoms. The third kappa shape index (κ3) is 2.00. The second-order valence-corrected chi connectivity index (χ2v) is 2.75. The van der Waals surface area contributed by atoms with Gasteiger partial charge in [-0.25, -0.2) is 17.6 Å². The van der Waals surface area contributed by atoms with E-state index in [0.717, 1.165) is 7.05 Å². The summed E-state index contributed by atoms with van der Waals surface area (Å²) in [4.78, 5) is 13.0. The number of benzene rings is 1. The van der Waals surface area contributed by atoms with Crippen molar-refractivity contribution in [2.75, 3.05) is 7.05 Å². The van der Waals surface area contributed by atoms with Gasteiger partial charge in [0.1, 0.15) is 11.3 Å². The van der Waals surface area contributed by atoms with Crippen molar-refractivity contribution >= 4 is 11.6 Å². The van der Waals surface area contributed by atoms with Gasteiger partial charge < -0.3 is 5.32 Å². The fourth-order valence-electron chi connectivity index (χ4n) is 1.08. The molecule has 1 N–H and O–H groups in total. The van der Waals surface area contributed by atoms with Crippen LogP contribution in [0.25, 0.3) is 10.4 Å². The lowest BCUT2D eigenvalue weighted by Gasteiger charge is -2.07. The number of nitrogens with one attached hydrogen (secondary N) is 1. The van der Waals surface area contributed by atoms with Crippen LogP contribution in [0.2, 0.25) is 0 Å². The largest absolute Gasteiger partial charge is 0.355 e. The molecule has 5 nitrogen and oxygen atoms in total. The van der Waals surface area contributed by atoms with Crippen molar-refractivity contribution in [3.05, 3.63) is 39.3 Å². The lowest BCUT2D eigenvalue weighted by atomic mass is 10.1. The third-order valence-corrected chi connectivity index (χ3v) is 1.84. The first-order valence-electron chi connectivity index (χ1n) is 4.08. The van der Waals surface area contributed by atoms with Crippen molar-refractivity contribution < 1.29 is 22.4 Å². The highest BCUT2D eigenvalue weighted by Crippen LogP contribution is 2.30. The van der Waals surface area contributed by atoms with E-state index in [9.17, 15) is 22.4 Å². The van der Waals surface area contributed by atoms with Crippen LogP contribution in [0.1, 0.15) is 10.4 Å². The van der Waals surface area contributed by atoms with Crippen LogP contribution >= 0.6 is 0 Å². The standard InChI is InChI=1S/C8H4F4N4O/c1-14-8(17)2-3(9)5(11)7(15-16-13)6(12)4(2)10/h1H3,(H,14,17). The molecule has 17 heavy (non-hydrogen) atoms. The number of hydrogen-bond acceptors (Lipinski definition) is 2. The maximum atomic E-state index is 13.2. The molecule has 0 aliphatic rings. The molecule has 0 aliphatic carbocycles. The molecule has 0 saturated heterocycles. The van der Waals surface area contributed by atoms with E-state index in [0.29, 0.717) is 0 Å². The highest BCUT2D eigenvalue weighted by Gasteiger charge is 2.28. The van der Waals surface area contributed by atoms with Gasteiger partial charge in [-0.15, -0.1) is 0 Å². The molecule has 0 saturated carbocycles. The Labute approximate surface area is 91.7 Å². The summed E-state index contributed by atoms with van der Waals surface area (Å²) >= 11 is 0. The molecular weight excluding hydrogens is 244 g/mol. The first-order valence-corrected chi connectivity index (χ1v) is 4.08. The summed E-state index contributed by atoms with van der Waals surface area (Å²) in [5, 5.41) is 4.29. The number of hydrogen-bond donors (Lipinski definition) is 1. The van der Waals surface area contributed by atoms with Gasteiger partial charge in [0, 0.05) is 12.0 Å². The van der Waals surface area contributed by atoms with Gasteiger partial charge in [0.25, 0.3) is 5.91 Å². The summed E-state index contributed by atoms with van der Waals surface area (Å²) in [6.07, 6.45) is 0. The van der Waals surface area contributed by atoms with E-state index in [1.54, 1.807) is 0 Å². The SMILES string of the molecule is CNC(=O)c1c(F)c(F)c(N=[N+]=[N-])c(F)c1F. The molecule has 0 aromatic heterocycles. The Bertz CT molecular complexity index is 510. The normalized spacial score (nSPS) is 9.71. The molecule has 0 radical (unpaired) electrons. The van der Waals surface area contributed by atoms with E-state index < -0.39 is 40.4 Å². The Morgan fingerprint density at radius 2 is 1.65 bits per heavy atom. The van der Waals surface area contributed by atoms with Crippen molar-refractivity contribution in [3.63, 3.8) is 0 Å². The number of carbonyl (C=O) groups is 1. The Kier molecular flexibility index (Phi) is 3.54. The van der Waals surface area contributed by atoms with Crippen LogP contribution in [0.5, 0.6) is 0 Å². The zero-order chi connectivity index (χ0) is 13.2. The van der Waals surface area contributed by atoms with Crippen LogP contribution < -0.4 is 5.32 Å². The highest BCUT2D eigenvalue weighted by atomic mass is 19.2. The lowest BCUT2D eigenvalue weighted by Crippen LogP contribution is -2.22. The molecule has 0 fully saturated rings. The van der Waals surface area contributed by atoms with Gasteiger partial charge in [0.05, 0.1) is 0 Å². The molecule has 1 aromatic carbocycles. The van der Waals surface area contributed by atoms with Gasteiger partial charge in [-0.2, -0.15) is 0 Å². The second-order valence-electron chi connectivity index (χ2n) is 2.75. The summed E-state index contributed by atoms with van der Waals surface area (Å²) < 4.78 is 52.8. The third-order valence-electron chi connectivity index (χ3n) is 1.84. The maximum Gasteiger partial charge on any atom is 0.257 e. The zero-order valence-corrected chi connectivity index (χ0v) is 8.26. The number of halogens is 4. The number of nitrogens with zero attached hydrogens (tertiary/aromatic N) is 3. The van der Waals surface area contributed by atoms with Gasteiger partial charge >= 0.3 is 0 Å².